The van der Waals surface area contributed by atoms with Gasteiger partial charge in [-0.15, -0.1) is 0 Å². The predicted octanol–water partition coefficient (Wildman–Crippen LogP) is 2.11. The van der Waals surface area contributed by atoms with Gasteiger partial charge in [-0.3, -0.25) is 4.72 Å². The van der Waals surface area contributed by atoms with Crippen molar-refractivity contribution in [3.63, 3.8) is 0 Å². The summed E-state index contributed by atoms with van der Waals surface area (Å²) in [6, 6.07) is 12.9. The fraction of sp³-hybridized carbons (Fsp3) is 0.278. The van der Waals surface area contributed by atoms with E-state index in [-0.39, 0.29) is 10.5 Å². The van der Waals surface area contributed by atoms with E-state index in [4.69, 9.17) is 4.74 Å². The number of methoxy groups -OCH3 is 1. The zero-order valence-corrected chi connectivity index (χ0v) is 15.2. The molecule has 0 spiro atoms. The third-order valence-electron chi connectivity index (χ3n) is 4.06. The minimum Gasteiger partial charge on any atom is -0.465 e. The van der Waals surface area contributed by atoms with E-state index in [2.05, 4.69) is 14.4 Å². The molecule has 0 aromatic heterocycles. The molecule has 1 heterocycles. The maximum Gasteiger partial charge on any atom is 0.337 e. The molecule has 1 N–H and O–H groups in total. The first kappa shape index (κ1) is 18.2. The number of morpholine rings is 1. The van der Waals surface area contributed by atoms with Crippen LogP contribution in [0.25, 0.3) is 0 Å². The van der Waals surface area contributed by atoms with Crippen LogP contribution in [0, 0.1) is 0 Å². The Morgan fingerprint density at radius 1 is 1.12 bits per heavy atom. The second-order valence-electron chi connectivity index (χ2n) is 5.77. The highest BCUT2D eigenvalue weighted by Crippen LogP contribution is 2.22. The molecule has 0 bridgehead atoms. The largest absolute Gasteiger partial charge is 0.465 e. The average molecular weight is 376 g/mol. The summed E-state index contributed by atoms with van der Waals surface area (Å²) in [6.45, 7) is 2.99. The normalized spacial score (nSPS) is 14.7. The van der Waals surface area contributed by atoms with Crippen molar-refractivity contribution in [1.29, 1.82) is 0 Å². The van der Waals surface area contributed by atoms with Crippen LogP contribution >= 0.6 is 0 Å². The summed E-state index contributed by atoms with van der Waals surface area (Å²) >= 11 is 0. The maximum absolute atomic E-state index is 12.6. The Balaban J connectivity index is 1.76. The lowest BCUT2D eigenvalue weighted by atomic mass is 10.2. The molecule has 3 rings (SSSR count). The van der Waals surface area contributed by atoms with Gasteiger partial charge in [0.25, 0.3) is 10.0 Å². The van der Waals surface area contributed by atoms with Crippen LogP contribution in [-0.2, 0) is 19.5 Å². The summed E-state index contributed by atoms with van der Waals surface area (Å²) in [6.07, 6.45) is 0. The maximum atomic E-state index is 12.6. The molecule has 0 amide bonds. The smallest absolute Gasteiger partial charge is 0.337 e. The summed E-state index contributed by atoms with van der Waals surface area (Å²) < 4.78 is 37.6. The highest BCUT2D eigenvalue weighted by atomic mass is 32.2. The summed E-state index contributed by atoms with van der Waals surface area (Å²) in [5.41, 5.74) is 1.65. The van der Waals surface area contributed by atoms with Gasteiger partial charge in [0.2, 0.25) is 0 Å². The minimum absolute atomic E-state index is 0.00217. The monoisotopic (exact) mass is 376 g/mol. The lowest BCUT2D eigenvalue weighted by Crippen LogP contribution is -2.36. The molecule has 0 atom stereocenters. The second kappa shape index (κ2) is 7.76. The molecule has 1 aliphatic heterocycles. The molecule has 0 radical (unpaired) electrons. The molecule has 1 saturated heterocycles. The van der Waals surface area contributed by atoms with Gasteiger partial charge in [0.1, 0.15) is 0 Å². The molecule has 0 unspecified atom stereocenters. The van der Waals surface area contributed by atoms with E-state index in [0.29, 0.717) is 18.9 Å². The van der Waals surface area contributed by atoms with E-state index in [9.17, 15) is 13.2 Å². The van der Waals surface area contributed by atoms with Gasteiger partial charge in [0.05, 0.1) is 30.8 Å². The van der Waals surface area contributed by atoms with Crippen LogP contribution < -0.4 is 9.62 Å². The molecule has 7 nitrogen and oxygen atoms in total. The van der Waals surface area contributed by atoms with Gasteiger partial charge in [-0.2, -0.15) is 0 Å². The van der Waals surface area contributed by atoms with Crippen molar-refractivity contribution in [2.75, 3.05) is 43.0 Å². The average Bonchev–Trinajstić information content (AvgIpc) is 2.68. The molecule has 1 fully saturated rings. The van der Waals surface area contributed by atoms with Gasteiger partial charge in [-0.1, -0.05) is 6.07 Å². The number of carbonyl (C=O) groups is 1. The standard InChI is InChI=1S/C18H20N2O5S/c1-24-18(21)14-3-2-4-17(13-14)26(22,23)19-15-5-7-16(8-6-15)20-9-11-25-12-10-20/h2-8,13,19H,9-12H2,1H3. The van der Waals surface area contributed by atoms with Gasteiger partial charge < -0.3 is 14.4 Å². The Labute approximate surface area is 152 Å². The molecule has 8 heteroatoms. The van der Waals surface area contributed by atoms with Crippen LogP contribution in [0.4, 0.5) is 11.4 Å². The van der Waals surface area contributed by atoms with E-state index in [0.717, 1.165) is 18.8 Å². The number of benzene rings is 2. The Hall–Kier alpha value is -2.58. The van der Waals surface area contributed by atoms with Crippen LogP contribution in [0.1, 0.15) is 10.4 Å². The van der Waals surface area contributed by atoms with Crippen LogP contribution in [0.2, 0.25) is 0 Å². The highest BCUT2D eigenvalue weighted by molar-refractivity contribution is 7.92. The number of carbonyl (C=O) groups excluding carboxylic acids is 1. The zero-order valence-electron chi connectivity index (χ0n) is 14.3. The van der Waals surface area contributed by atoms with E-state index < -0.39 is 16.0 Å². The number of hydrogen-bond donors (Lipinski definition) is 1. The van der Waals surface area contributed by atoms with Crippen LogP contribution in [-0.4, -0.2) is 47.8 Å². The first-order valence-corrected chi connectivity index (χ1v) is 9.62. The number of nitrogens with zero attached hydrogens (tertiary/aromatic N) is 1. The fourth-order valence-corrected chi connectivity index (χ4v) is 3.79. The number of sulfonamides is 1. The quantitative estimate of drug-likeness (QED) is 0.805. The molecule has 2 aromatic carbocycles. The minimum atomic E-state index is -3.81. The predicted molar refractivity (Wildman–Crippen MR) is 98.1 cm³/mol. The molecule has 2 aromatic rings. The van der Waals surface area contributed by atoms with Crippen LogP contribution in [0.3, 0.4) is 0 Å². The van der Waals surface area contributed by atoms with E-state index >= 15 is 0 Å². The van der Waals surface area contributed by atoms with Crippen molar-refractivity contribution in [2.24, 2.45) is 0 Å². The van der Waals surface area contributed by atoms with Crippen LogP contribution in [0.15, 0.2) is 53.4 Å². The molecule has 26 heavy (non-hydrogen) atoms. The number of ether oxygens (including phenoxy) is 2. The molecule has 0 saturated carbocycles. The van der Waals surface area contributed by atoms with Gasteiger partial charge in [-0.25, -0.2) is 13.2 Å². The van der Waals surface area contributed by atoms with Crippen LogP contribution in [0.5, 0.6) is 0 Å². The summed E-state index contributed by atoms with van der Waals surface area (Å²) in [7, 11) is -2.56. The molecule has 1 aliphatic rings. The highest BCUT2D eigenvalue weighted by Gasteiger charge is 2.17. The molecular weight excluding hydrogens is 356 g/mol. The van der Waals surface area contributed by atoms with Crippen molar-refractivity contribution in [1.82, 2.24) is 0 Å². The third kappa shape index (κ3) is 4.14. The number of anilines is 2. The number of esters is 1. The first-order chi connectivity index (χ1) is 12.5. The van der Waals surface area contributed by atoms with Crippen molar-refractivity contribution < 1.29 is 22.7 Å². The van der Waals surface area contributed by atoms with Gasteiger partial charge in [-0.05, 0) is 42.5 Å². The Morgan fingerprint density at radius 3 is 2.46 bits per heavy atom. The number of rotatable bonds is 5. The van der Waals surface area contributed by atoms with Gasteiger partial charge in [0, 0.05) is 24.5 Å². The van der Waals surface area contributed by atoms with Gasteiger partial charge in [0.15, 0.2) is 0 Å². The summed E-state index contributed by atoms with van der Waals surface area (Å²) in [5.74, 6) is -0.586. The molecule has 0 aliphatic carbocycles. The number of hydrogen-bond acceptors (Lipinski definition) is 6. The molecule has 138 valence electrons. The first-order valence-electron chi connectivity index (χ1n) is 8.13. The fourth-order valence-electron chi connectivity index (χ4n) is 2.68. The lowest BCUT2D eigenvalue weighted by Gasteiger charge is -2.28. The van der Waals surface area contributed by atoms with E-state index in [1.165, 1.54) is 31.4 Å². The second-order valence-corrected chi connectivity index (χ2v) is 7.45. The third-order valence-corrected chi connectivity index (χ3v) is 5.44. The molecular formula is C18H20N2O5S. The zero-order chi connectivity index (χ0) is 18.6. The van der Waals surface area contributed by atoms with Crippen molar-refractivity contribution >= 4 is 27.4 Å². The SMILES string of the molecule is COC(=O)c1cccc(S(=O)(=O)Nc2ccc(N3CCOCC3)cc2)c1. The number of nitrogens with one attached hydrogen (secondary N) is 1. The lowest BCUT2D eigenvalue weighted by molar-refractivity contribution is 0.0600. The van der Waals surface area contributed by atoms with E-state index in [1.54, 1.807) is 12.1 Å². The Bertz CT molecular complexity index is 875. The van der Waals surface area contributed by atoms with Crippen molar-refractivity contribution in [3.05, 3.63) is 54.1 Å². The van der Waals surface area contributed by atoms with Crippen molar-refractivity contribution in [3.8, 4) is 0 Å². The topological polar surface area (TPSA) is 84.9 Å². The van der Waals surface area contributed by atoms with Crippen molar-refractivity contribution in [2.45, 2.75) is 4.90 Å². The Morgan fingerprint density at radius 2 is 1.81 bits per heavy atom. The Kier molecular flexibility index (Phi) is 5.43. The summed E-state index contributed by atoms with van der Waals surface area (Å²) in [4.78, 5) is 13.8. The summed E-state index contributed by atoms with van der Waals surface area (Å²) in [5, 5.41) is 0. The van der Waals surface area contributed by atoms with Gasteiger partial charge >= 0.3 is 5.97 Å². The van der Waals surface area contributed by atoms with E-state index in [1.807, 2.05) is 12.1 Å².